The van der Waals surface area contributed by atoms with E-state index < -0.39 is 35.0 Å². The molecule has 0 spiro atoms. The first-order chi connectivity index (χ1) is 16.9. The van der Waals surface area contributed by atoms with Gasteiger partial charge in [-0.1, -0.05) is 24.6 Å². The number of carbonyl (C=O) groups is 1. The maximum Gasteiger partial charge on any atom is 0.437 e. The first kappa shape index (κ1) is 28.2. The van der Waals surface area contributed by atoms with Crippen molar-refractivity contribution < 1.29 is 28.0 Å². The molecule has 190 valence electrons. The highest BCUT2D eigenvalue weighted by Crippen LogP contribution is 2.35. The quantitative estimate of drug-likeness (QED) is 0.0976. The second-order valence-electron chi connectivity index (χ2n) is 7.38. The van der Waals surface area contributed by atoms with Crippen LogP contribution in [0.15, 0.2) is 52.7 Å². The fourth-order valence-corrected chi connectivity index (χ4v) is 3.38. The summed E-state index contributed by atoms with van der Waals surface area (Å²) in [4.78, 5) is 28.6. The molecule has 1 heterocycles. The topological polar surface area (TPSA) is 163 Å². The van der Waals surface area contributed by atoms with Crippen molar-refractivity contribution in [2.75, 3.05) is 7.05 Å². The van der Waals surface area contributed by atoms with E-state index in [9.17, 15) is 22.8 Å². The van der Waals surface area contributed by atoms with E-state index in [-0.39, 0.29) is 28.5 Å². The van der Waals surface area contributed by atoms with E-state index in [0.717, 1.165) is 29.2 Å². The van der Waals surface area contributed by atoms with Gasteiger partial charge in [-0.25, -0.2) is 10.8 Å². The van der Waals surface area contributed by atoms with Crippen LogP contribution in [0.5, 0.6) is 11.5 Å². The fraction of sp³-hybridized carbons (Fsp3) is 0.227. The van der Waals surface area contributed by atoms with Crippen LogP contribution in [0.25, 0.3) is 0 Å². The average Bonchev–Trinajstić information content (AvgIpc) is 2.82. The predicted octanol–water partition coefficient (Wildman–Crippen LogP) is 1.86. The molecule has 0 aliphatic heterocycles. The lowest BCUT2D eigenvalue weighted by Crippen LogP contribution is -2.78. The van der Waals surface area contributed by atoms with E-state index in [0.29, 0.717) is 5.70 Å². The Labute approximate surface area is 208 Å². The van der Waals surface area contributed by atoms with Crippen LogP contribution in [-0.4, -0.2) is 28.7 Å². The third-order valence-corrected chi connectivity index (χ3v) is 4.90. The second kappa shape index (κ2) is 12.1. The van der Waals surface area contributed by atoms with E-state index in [4.69, 9.17) is 32.9 Å². The number of nitriles is 1. The number of hydrazine groups is 1. The molecule has 14 heteroatoms. The maximum atomic E-state index is 13.6. The van der Waals surface area contributed by atoms with Crippen LogP contribution in [-0.2, 0) is 17.5 Å². The number of allylic oxidation sites excluding steroid dienone is 2. The van der Waals surface area contributed by atoms with Gasteiger partial charge in [0.05, 0.1) is 30.6 Å². The first-order valence-electron chi connectivity index (χ1n) is 10.2. The summed E-state index contributed by atoms with van der Waals surface area (Å²) in [5.41, 5.74) is -0.214. The first-order valence-corrected chi connectivity index (χ1v) is 10.6. The molecule has 1 unspecified atom stereocenters. The standard InChI is InChI=1S/C22H21ClF3N7O3/c1-12(5-16(20(34)32-29)17(30-2)3-4-27)10-33-11-31-19(22(24,25)26)18(21(33)35)36-15-7-13(9-28)6-14(23)8-15/h3-8,11-12,27,30H,10,29H2,1-2H3,(H,32,34)/p+1. The van der Waals surface area contributed by atoms with Gasteiger partial charge in [0, 0.05) is 23.9 Å². The molecule has 0 fully saturated rings. The Balaban J connectivity index is 2.55. The van der Waals surface area contributed by atoms with Crippen molar-refractivity contribution in [1.29, 1.82) is 10.7 Å². The molecule has 2 aromatic rings. The highest BCUT2D eigenvalue weighted by Gasteiger charge is 2.39. The Hall–Kier alpha value is -3.99. The number of ether oxygens (including phenoxy) is 1. The number of rotatable bonds is 9. The summed E-state index contributed by atoms with van der Waals surface area (Å²) in [7, 11) is 1.64. The average molecular weight is 525 g/mol. The van der Waals surface area contributed by atoms with E-state index in [1.165, 1.54) is 18.2 Å². The number of hydrogen-bond acceptors (Lipinski definition) is 7. The lowest BCUT2D eigenvalue weighted by Gasteiger charge is -2.16. The highest BCUT2D eigenvalue weighted by molar-refractivity contribution is 6.30. The third kappa shape index (κ3) is 7.01. The summed E-state index contributed by atoms with van der Waals surface area (Å²) < 4.78 is 46.9. The number of halogens is 4. The normalized spacial score (nSPS) is 13.1. The number of amides is 1. The number of carbonyl (C=O) groups excluding carboxylic acids is 1. The molecule has 1 aromatic heterocycles. The molecule has 0 radical (unpaired) electrons. The summed E-state index contributed by atoms with van der Waals surface area (Å²) in [5, 5.41) is 17.9. The molecule has 1 amide bonds. The minimum Gasteiger partial charge on any atom is -0.449 e. The van der Waals surface area contributed by atoms with Gasteiger partial charge >= 0.3 is 6.18 Å². The van der Waals surface area contributed by atoms with E-state index >= 15 is 0 Å². The molecule has 2 rings (SSSR count). The number of likely N-dealkylation sites (N-methyl/N-ethyl adjacent to an activating group) is 1. The smallest absolute Gasteiger partial charge is 0.437 e. The van der Waals surface area contributed by atoms with E-state index in [2.05, 4.69) is 4.98 Å². The van der Waals surface area contributed by atoms with Gasteiger partial charge in [0.1, 0.15) is 11.4 Å². The molecule has 0 saturated heterocycles. The number of nitrogens with two attached hydrogens (primary N) is 2. The molecular formula is C22H22ClF3N7O3+. The van der Waals surface area contributed by atoms with Crippen LogP contribution < -0.4 is 26.9 Å². The highest BCUT2D eigenvalue weighted by atomic mass is 35.5. The van der Waals surface area contributed by atoms with Gasteiger partial charge in [0.2, 0.25) is 5.75 Å². The Bertz CT molecular complexity index is 1310. The number of hydrogen-bond donors (Lipinski definition) is 4. The summed E-state index contributed by atoms with van der Waals surface area (Å²) in [6, 6.07) is 5.35. The summed E-state index contributed by atoms with van der Waals surface area (Å²) in [6.07, 6.45) is -0.501. The zero-order chi connectivity index (χ0) is 27.0. The Morgan fingerprint density at radius 2 is 2.14 bits per heavy atom. The van der Waals surface area contributed by atoms with Crippen LogP contribution in [0, 0.1) is 22.7 Å². The van der Waals surface area contributed by atoms with Crippen molar-refractivity contribution >= 4 is 23.7 Å². The van der Waals surface area contributed by atoms with Crippen molar-refractivity contribution in [3.63, 3.8) is 0 Å². The lowest BCUT2D eigenvalue weighted by molar-refractivity contribution is -0.572. The molecule has 1 atom stereocenters. The Morgan fingerprint density at radius 3 is 2.69 bits per heavy atom. The lowest BCUT2D eigenvalue weighted by atomic mass is 10.0. The fourth-order valence-electron chi connectivity index (χ4n) is 3.16. The van der Waals surface area contributed by atoms with Gasteiger partial charge in [-0.3, -0.25) is 19.6 Å². The Morgan fingerprint density at radius 1 is 1.44 bits per heavy atom. The van der Waals surface area contributed by atoms with Crippen molar-refractivity contribution in [3.05, 3.63) is 74.6 Å². The van der Waals surface area contributed by atoms with Gasteiger partial charge in [0.15, 0.2) is 5.69 Å². The van der Waals surface area contributed by atoms with Crippen LogP contribution in [0.1, 0.15) is 18.2 Å². The zero-order valence-corrected chi connectivity index (χ0v) is 19.8. The van der Waals surface area contributed by atoms with Crippen molar-refractivity contribution in [2.24, 2.45) is 11.8 Å². The minimum atomic E-state index is -5.01. The van der Waals surface area contributed by atoms with Gasteiger partial charge in [0.25, 0.3) is 11.5 Å². The largest absolute Gasteiger partial charge is 0.449 e. The number of quaternary nitrogens is 1. The summed E-state index contributed by atoms with van der Waals surface area (Å²) >= 11 is 5.89. The summed E-state index contributed by atoms with van der Waals surface area (Å²) in [5.74, 6) is 2.65. The van der Waals surface area contributed by atoms with Gasteiger partial charge in [-0.2, -0.15) is 18.4 Å². The maximum absolute atomic E-state index is 13.6. The predicted molar refractivity (Wildman–Crippen MR) is 124 cm³/mol. The van der Waals surface area contributed by atoms with Gasteiger partial charge < -0.3 is 15.5 Å². The molecule has 0 saturated carbocycles. The Kier molecular flexibility index (Phi) is 9.51. The van der Waals surface area contributed by atoms with Crippen molar-refractivity contribution in [2.45, 2.75) is 19.6 Å². The van der Waals surface area contributed by atoms with Crippen LogP contribution in [0.3, 0.4) is 0 Å². The molecule has 0 aliphatic rings. The van der Waals surface area contributed by atoms with Crippen molar-refractivity contribution in [3.8, 4) is 17.6 Å². The van der Waals surface area contributed by atoms with Crippen LogP contribution in [0.2, 0.25) is 5.02 Å². The van der Waals surface area contributed by atoms with E-state index in [1.54, 1.807) is 25.4 Å². The number of nitrogens with zero attached hydrogens (tertiary/aromatic N) is 3. The third-order valence-electron chi connectivity index (χ3n) is 4.68. The van der Waals surface area contributed by atoms with E-state index in [1.807, 2.05) is 5.43 Å². The van der Waals surface area contributed by atoms with Crippen LogP contribution >= 0.6 is 11.6 Å². The number of benzene rings is 1. The summed E-state index contributed by atoms with van der Waals surface area (Å²) in [6.45, 7) is 1.44. The van der Waals surface area contributed by atoms with Gasteiger partial charge in [-0.05, 0) is 24.1 Å². The zero-order valence-electron chi connectivity index (χ0n) is 19.1. The molecule has 36 heavy (non-hydrogen) atoms. The number of nitrogens with one attached hydrogen (secondary N) is 2. The molecule has 0 aliphatic carbocycles. The molecule has 1 aromatic carbocycles. The molecule has 10 nitrogen and oxygen atoms in total. The number of aromatic nitrogens is 2. The number of alkyl halides is 3. The van der Waals surface area contributed by atoms with Gasteiger partial charge in [-0.15, -0.1) is 0 Å². The van der Waals surface area contributed by atoms with Crippen molar-refractivity contribution in [1.82, 2.24) is 15.0 Å². The van der Waals surface area contributed by atoms with Crippen LogP contribution in [0.4, 0.5) is 13.2 Å². The molecule has 6 N–H and O–H groups in total. The minimum absolute atomic E-state index is 0.0151. The molecular weight excluding hydrogens is 503 g/mol. The SMILES string of the molecule is C[NH2+]C(=CC=N)C(=CC(C)Cn1cnc(C(F)(F)F)c(Oc2cc(Cl)cc(C#N)c2)c1=O)C(=O)NN. The second-order valence-corrected chi connectivity index (χ2v) is 7.81. The molecule has 0 bridgehead atoms. The monoisotopic (exact) mass is 524 g/mol.